The number of rotatable bonds is 4. The normalized spacial score (nSPS) is 11.2. The Hall–Kier alpha value is -2.99. The number of carbonyl (C=O) groups is 1. The molecule has 6 heteroatoms. The second kappa shape index (κ2) is 6.63. The van der Waals surface area contributed by atoms with Crippen LogP contribution in [0.5, 0.6) is 0 Å². The number of hydrogen-bond donors (Lipinski definition) is 0. The second-order valence-corrected chi connectivity index (χ2v) is 7.59. The fourth-order valence-electron chi connectivity index (χ4n) is 3.38. The topological polar surface area (TPSA) is 56.9 Å². The van der Waals surface area contributed by atoms with E-state index < -0.39 is 0 Å². The fourth-order valence-corrected chi connectivity index (χ4v) is 4.11. The van der Waals surface area contributed by atoms with Gasteiger partial charge in [0.25, 0.3) is 5.56 Å². The molecule has 0 radical (unpaired) electrons. The van der Waals surface area contributed by atoms with Gasteiger partial charge in [0.15, 0.2) is 5.78 Å². The highest BCUT2D eigenvalue weighted by molar-refractivity contribution is 7.16. The van der Waals surface area contributed by atoms with E-state index in [1.807, 2.05) is 44.4 Å². The third-order valence-corrected chi connectivity index (χ3v) is 5.61. The van der Waals surface area contributed by atoms with E-state index in [1.165, 1.54) is 27.8 Å². The average molecular weight is 377 g/mol. The lowest BCUT2D eigenvalue weighted by Gasteiger charge is -2.10. The molecule has 5 nitrogen and oxygen atoms in total. The van der Waals surface area contributed by atoms with Crippen molar-refractivity contribution in [3.05, 3.63) is 81.0 Å². The van der Waals surface area contributed by atoms with E-state index in [2.05, 4.69) is 21.7 Å². The minimum Gasteiger partial charge on any atom is -0.318 e. The van der Waals surface area contributed by atoms with Gasteiger partial charge < -0.3 is 4.57 Å². The van der Waals surface area contributed by atoms with Crippen LogP contribution < -0.4 is 5.56 Å². The van der Waals surface area contributed by atoms with Gasteiger partial charge in [-0.3, -0.25) is 14.2 Å². The highest BCUT2D eigenvalue weighted by Gasteiger charge is 2.18. The first-order valence-corrected chi connectivity index (χ1v) is 9.55. The van der Waals surface area contributed by atoms with Crippen LogP contribution in [0.1, 0.15) is 27.3 Å². The number of ketones is 1. The first-order chi connectivity index (χ1) is 13.0. The van der Waals surface area contributed by atoms with E-state index in [4.69, 9.17) is 0 Å². The Kier molecular flexibility index (Phi) is 4.28. The van der Waals surface area contributed by atoms with E-state index in [9.17, 15) is 9.59 Å². The maximum atomic E-state index is 12.9. The average Bonchev–Trinajstić information content (AvgIpc) is 3.23. The highest BCUT2D eigenvalue weighted by atomic mass is 32.1. The van der Waals surface area contributed by atoms with Crippen molar-refractivity contribution in [2.24, 2.45) is 0 Å². The zero-order valence-electron chi connectivity index (χ0n) is 15.4. The minimum absolute atomic E-state index is 0.0180. The maximum Gasteiger partial charge on any atom is 0.262 e. The largest absolute Gasteiger partial charge is 0.318 e. The Morgan fingerprint density at radius 1 is 1.11 bits per heavy atom. The molecule has 0 spiro atoms. The van der Waals surface area contributed by atoms with Crippen LogP contribution in [0.3, 0.4) is 0 Å². The molecule has 3 heterocycles. The summed E-state index contributed by atoms with van der Waals surface area (Å²) in [6.07, 6.45) is 1.46. The van der Waals surface area contributed by atoms with Crippen molar-refractivity contribution in [1.29, 1.82) is 0 Å². The molecule has 0 bridgehead atoms. The molecule has 1 aromatic carbocycles. The SMILES string of the molecule is Cc1ccc(-n2c(C)cc(C(=O)Cn3cnc4sccc4c3=O)c2C)cc1. The predicted molar refractivity (Wildman–Crippen MR) is 108 cm³/mol. The molecular weight excluding hydrogens is 358 g/mol. The molecule has 0 unspecified atom stereocenters. The zero-order chi connectivity index (χ0) is 19.1. The summed E-state index contributed by atoms with van der Waals surface area (Å²) in [4.78, 5) is 30.4. The van der Waals surface area contributed by atoms with E-state index in [1.54, 1.807) is 6.07 Å². The van der Waals surface area contributed by atoms with E-state index in [0.717, 1.165) is 17.1 Å². The summed E-state index contributed by atoms with van der Waals surface area (Å²) in [5.41, 5.74) is 4.52. The number of thiophene rings is 1. The summed E-state index contributed by atoms with van der Waals surface area (Å²) in [5.74, 6) is -0.0973. The molecule has 0 aliphatic rings. The standard InChI is InChI=1S/C21H19N3O2S/c1-13-4-6-16(7-5-13)24-14(2)10-18(15(24)3)19(25)11-23-12-22-20-17(21(23)26)8-9-27-20/h4-10,12H,11H2,1-3H3. The van der Waals surface area contributed by atoms with E-state index in [-0.39, 0.29) is 17.9 Å². The Morgan fingerprint density at radius 2 is 1.85 bits per heavy atom. The van der Waals surface area contributed by atoms with Gasteiger partial charge in [0.2, 0.25) is 0 Å². The predicted octanol–water partition coefficient (Wildman–Crippen LogP) is 4.06. The maximum absolute atomic E-state index is 12.9. The molecule has 0 aliphatic carbocycles. The van der Waals surface area contributed by atoms with Gasteiger partial charge >= 0.3 is 0 Å². The molecule has 136 valence electrons. The number of benzene rings is 1. The van der Waals surface area contributed by atoms with Gasteiger partial charge in [0, 0.05) is 22.6 Å². The van der Waals surface area contributed by atoms with Crippen molar-refractivity contribution in [3.63, 3.8) is 0 Å². The monoisotopic (exact) mass is 377 g/mol. The van der Waals surface area contributed by atoms with E-state index in [0.29, 0.717) is 15.8 Å². The van der Waals surface area contributed by atoms with Crippen molar-refractivity contribution >= 4 is 27.3 Å². The Bertz CT molecular complexity index is 1210. The van der Waals surface area contributed by atoms with Crippen molar-refractivity contribution in [1.82, 2.24) is 14.1 Å². The number of nitrogens with zero attached hydrogens (tertiary/aromatic N) is 3. The van der Waals surface area contributed by atoms with Gasteiger partial charge in [-0.1, -0.05) is 17.7 Å². The molecule has 4 rings (SSSR count). The number of aryl methyl sites for hydroxylation is 2. The van der Waals surface area contributed by atoms with Crippen LogP contribution >= 0.6 is 11.3 Å². The first-order valence-electron chi connectivity index (χ1n) is 8.67. The van der Waals surface area contributed by atoms with Gasteiger partial charge in [0.1, 0.15) is 4.83 Å². The van der Waals surface area contributed by atoms with Crippen LogP contribution in [0.15, 0.2) is 52.9 Å². The smallest absolute Gasteiger partial charge is 0.262 e. The zero-order valence-corrected chi connectivity index (χ0v) is 16.2. The van der Waals surface area contributed by atoms with Gasteiger partial charge in [0.05, 0.1) is 18.3 Å². The van der Waals surface area contributed by atoms with Crippen molar-refractivity contribution in [2.75, 3.05) is 0 Å². The minimum atomic E-state index is -0.179. The van der Waals surface area contributed by atoms with Crippen molar-refractivity contribution < 1.29 is 4.79 Å². The van der Waals surface area contributed by atoms with Gasteiger partial charge in [-0.25, -0.2) is 4.98 Å². The van der Waals surface area contributed by atoms with Crippen LogP contribution in [-0.4, -0.2) is 19.9 Å². The number of hydrogen-bond acceptors (Lipinski definition) is 4. The second-order valence-electron chi connectivity index (χ2n) is 6.70. The number of Topliss-reactive ketones (excluding diaryl/α,β-unsaturated/α-hetero) is 1. The van der Waals surface area contributed by atoms with E-state index >= 15 is 0 Å². The summed E-state index contributed by atoms with van der Waals surface area (Å²) < 4.78 is 3.45. The molecule has 0 atom stereocenters. The number of fused-ring (bicyclic) bond motifs is 1. The van der Waals surface area contributed by atoms with Crippen molar-refractivity contribution in [2.45, 2.75) is 27.3 Å². The summed E-state index contributed by atoms with van der Waals surface area (Å²) in [6.45, 7) is 5.94. The third-order valence-electron chi connectivity index (χ3n) is 4.79. The lowest BCUT2D eigenvalue weighted by molar-refractivity contribution is 0.0970. The molecule has 0 amide bonds. The number of carbonyl (C=O) groups excluding carboxylic acids is 1. The molecule has 3 aromatic heterocycles. The summed E-state index contributed by atoms with van der Waals surface area (Å²) >= 11 is 1.42. The van der Waals surface area contributed by atoms with Gasteiger partial charge in [-0.05, 0) is 50.4 Å². The van der Waals surface area contributed by atoms with Crippen LogP contribution in [0.4, 0.5) is 0 Å². The molecule has 27 heavy (non-hydrogen) atoms. The summed E-state index contributed by atoms with van der Waals surface area (Å²) in [6, 6.07) is 11.8. The van der Waals surface area contributed by atoms with Crippen LogP contribution in [0, 0.1) is 20.8 Å². The molecule has 0 fully saturated rings. The highest BCUT2D eigenvalue weighted by Crippen LogP contribution is 2.22. The van der Waals surface area contributed by atoms with Crippen LogP contribution in [-0.2, 0) is 6.54 Å². The number of aromatic nitrogens is 3. The Balaban J connectivity index is 1.70. The first kappa shape index (κ1) is 17.4. The van der Waals surface area contributed by atoms with Crippen molar-refractivity contribution in [3.8, 4) is 5.69 Å². The molecule has 4 aromatic rings. The quantitative estimate of drug-likeness (QED) is 0.504. The lowest BCUT2D eigenvalue weighted by atomic mass is 10.1. The molecular formula is C21H19N3O2S. The Morgan fingerprint density at radius 3 is 2.59 bits per heavy atom. The van der Waals surface area contributed by atoms with Crippen LogP contribution in [0.25, 0.3) is 15.9 Å². The lowest BCUT2D eigenvalue weighted by Crippen LogP contribution is -2.24. The van der Waals surface area contributed by atoms with Gasteiger partial charge in [-0.2, -0.15) is 0 Å². The molecule has 0 N–H and O–H groups in total. The summed E-state index contributed by atoms with van der Waals surface area (Å²) in [7, 11) is 0. The fraction of sp³-hybridized carbons (Fsp3) is 0.190. The molecule has 0 saturated carbocycles. The summed E-state index contributed by atoms with van der Waals surface area (Å²) in [5, 5.41) is 2.39. The molecule has 0 saturated heterocycles. The van der Waals surface area contributed by atoms with Crippen LogP contribution in [0.2, 0.25) is 0 Å². The van der Waals surface area contributed by atoms with Gasteiger partial charge in [-0.15, -0.1) is 11.3 Å². The molecule has 0 aliphatic heterocycles. The third kappa shape index (κ3) is 3.02. The Labute approximate surface area is 160 Å².